The zero-order chi connectivity index (χ0) is 33.0. The van der Waals surface area contributed by atoms with Crippen LogP contribution >= 0.6 is 0 Å². The predicted octanol–water partition coefficient (Wildman–Crippen LogP) is 10.6. The lowest BCUT2D eigenvalue weighted by Gasteiger charge is -2.30. The van der Waals surface area contributed by atoms with Crippen molar-refractivity contribution in [3.05, 3.63) is 188 Å². The normalized spacial score (nSPS) is 12.1. The molecule has 0 atom stereocenters. The quantitative estimate of drug-likeness (QED) is 0.176. The summed E-state index contributed by atoms with van der Waals surface area (Å²) < 4.78 is 6.52. The molecule has 8 aromatic carbocycles. The minimum absolute atomic E-state index is 0.0237. The third kappa shape index (κ3) is 4.49. The van der Waals surface area contributed by atoms with E-state index in [1.54, 1.807) is 0 Å². The van der Waals surface area contributed by atoms with E-state index in [0.29, 0.717) is 0 Å². The van der Waals surface area contributed by atoms with Gasteiger partial charge in [-0.3, -0.25) is 0 Å². The van der Waals surface area contributed by atoms with E-state index in [4.69, 9.17) is 4.74 Å². The van der Waals surface area contributed by atoms with Gasteiger partial charge in [0.05, 0.1) is 0 Å². The molecule has 0 radical (unpaired) electrons. The van der Waals surface area contributed by atoms with Gasteiger partial charge in [-0.2, -0.15) is 0 Å². The van der Waals surface area contributed by atoms with Gasteiger partial charge in [-0.25, -0.2) is 0 Å². The molecule has 0 bridgehead atoms. The van der Waals surface area contributed by atoms with E-state index in [2.05, 4.69) is 188 Å². The molecule has 8 aromatic rings. The maximum absolute atomic E-state index is 6.52. The Hall–Kier alpha value is -6.38. The largest absolute Gasteiger partial charge is 0.458 e. The third-order valence-electron chi connectivity index (χ3n) is 10.4. The smallest absolute Gasteiger partial charge is 0.252 e. The fourth-order valence-electron chi connectivity index (χ4n) is 8.25. The average molecular weight is 635 g/mol. The Morgan fingerprint density at radius 2 is 0.680 bits per heavy atom. The van der Waals surface area contributed by atoms with Crippen molar-refractivity contribution in [1.29, 1.82) is 0 Å². The molecule has 0 spiro atoms. The van der Waals surface area contributed by atoms with Crippen molar-refractivity contribution in [2.75, 3.05) is 0 Å². The van der Waals surface area contributed by atoms with Crippen molar-refractivity contribution in [3.8, 4) is 78.3 Å². The minimum Gasteiger partial charge on any atom is -0.458 e. The maximum Gasteiger partial charge on any atom is 0.252 e. The fourth-order valence-corrected chi connectivity index (χ4v) is 8.25. The number of para-hydroxylation sites is 2. The summed E-state index contributed by atoms with van der Waals surface area (Å²) in [6, 6.07) is 68.4. The summed E-state index contributed by atoms with van der Waals surface area (Å²) in [5.74, 6) is 1.82. The monoisotopic (exact) mass is 634 g/mol. The first-order valence-corrected chi connectivity index (χ1v) is 17.3. The van der Waals surface area contributed by atoms with Gasteiger partial charge in [-0.1, -0.05) is 175 Å². The van der Waals surface area contributed by atoms with Crippen molar-refractivity contribution < 1.29 is 4.74 Å². The van der Waals surface area contributed by atoms with Gasteiger partial charge >= 0.3 is 0 Å². The van der Waals surface area contributed by atoms with Crippen LogP contribution < -0.4 is 21.1 Å². The molecule has 0 aromatic heterocycles. The number of hydrogen-bond donors (Lipinski definition) is 0. The second kappa shape index (κ2) is 11.6. The maximum atomic E-state index is 6.52. The molecule has 0 N–H and O–H groups in total. The summed E-state index contributed by atoms with van der Waals surface area (Å²) in [4.78, 5) is 0. The van der Waals surface area contributed by atoms with Crippen molar-refractivity contribution in [3.63, 3.8) is 0 Å². The van der Waals surface area contributed by atoms with Gasteiger partial charge < -0.3 is 4.74 Å². The van der Waals surface area contributed by atoms with E-state index in [1.165, 1.54) is 83.1 Å². The third-order valence-corrected chi connectivity index (χ3v) is 10.4. The van der Waals surface area contributed by atoms with Gasteiger partial charge in [0.15, 0.2) is 0 Å². The van der Waals surface area contributed by atoms with Crippen LogP contribution in [-0.4, -0.2) is 6.71 Å². The van der Waals surface area contributed by atoms with Crippen LogP contribution in [0.25, 0.3) is 66.8 Å². The van der Waals surface area contributed by atoms with Gasteiger partial charge in [-0.15, -0.1) is 0 Å². The van der Waals surface area contributed by atoms with Crippen LogP contribution in [-0.2, 0) is 0 Å². The first kappa shape index (κ1) is 28.6. The number of ether oxygens (including phenoxy) is 1. The molecule has 1 aliphatic carbocycles. The molecule has 0 amide bonds. The highest BCUT2D eigenvalue weighted by Gasteiger charge is 2.35. The highest BCUT2D eigenvalue weighted by molar-refractivity contribution is 6.98. The van der Waals surface area contributed by atoms with E-state index in [0.717, 1.165) is 11.5 Å². The molecule has 50 heavy (non-hydrogen) atoms. The highest BCUT2D eigenvalue weighted by atomic mass is 16.5. The van der Waals surface area contributed by atoms with E-state index >= 15 is 0 Å². The Bertz CT molecular complexity index is 2530. The molecule has 2 heteroatoms. The standard InChI is InChI=1S/C48H31BO/c1-2-15-32(16-3-1)34-23-14-24-35(48(34)49-44-25-10-12-27-46(44)50-47-28-13-11-26-45(47)49)33-29-30-42-40-21-7-6-19-38(40)36-17-4-5-18-37(36)39-20-8-9-22-41(39)43(42)31-33/h1-31H. The van der Waals surface area contributed by atoms with Gasteiger partial charge in [0.1, 0.15) is 11.5 Å². The summed E-state index contributed by atoms with van der Waals surface area (Å²) in [5, 5.41) is 0. The fraction of sp³-hybridized carbons (Fsp3) is 0. The number of hydrogen-bond acceptors (Lipinski definition) is 1. The summed E-state index contributed by atoms with van der Waals surface area (Å²) in [5.41, 5.74) is 18.5. The summed E-state index contributed by atoms with van der Waals surface area (Å²) >= 11 is 0. The van der Waals surface area contributed by atoms with E-state index < -0.39 is 0 Å². The highest BCUT2D eigenvalue weighted by Crippen LogP contribution is 2.48. The second-order valence-electron chi connectivity index (χ2n) is 13.1. The van der Waals surface area contributed by atoms with Crippen molar-refractivity contribution in [2.24, 2.45) is 0 Å². The lowest BCUT2D eigenvalue weighted by Crippen LogP contribution is -2.56. The molecule has 1 nitrogen and oxygen atoms in total. The van der Waals surface area contributed by atoms with Crippen LogP contribution in [0.15, 0.2) is 188 Å². The van der Waals surface area contributed by atoms with Crippen molar-refractivity contribution >= 4 is 23.1 Å². The van der Waals surface area contributed by atoms with Crippen LogP contribution in [0.4, 0.5) is 0 Å². The van der Waals surface area contributed by atoms with Crippen LogP contribution in [0.1, 0.15) is 0 Å². The van der Waals surface area contributed by atoms with Gasteiger partial charge in [0.2, 0.25) is 0 Å². The first-order chi connectivity index (χ1) is 24.8. The van der Waals surface area contributed by atoms with Crippen molar-refractivity contribution in [2.45, 2.75) is 0 Å². The zero-order valence-electron chi connectivity index (χ0n) is 27.4. The average Bonchev–Trinajstić information content (AvgIpc) is 3.19. The Morgan fingerprint density at radius 1 is 0.280 bits per heavy atom. The zero-order valence-corrected chi connectivity index (χ0v) is 27.4. The molecule has 1 aliphatic heterocycles. The number of fused-ring (bicyclic) bond motifs is 10. The Balaban J connectivity index is 1.28. The number of rotatable bonds is 3. The molecule has 10 rings (SSSR count). The Morgan fingerprint density at radius 3 is 1.22 bits per heavy atom. The van der Waals surface area contributed by atoms with Crippen molar-refractivity contribution in [1.82, 2.24) is 0 Å². The van der Waals surface area contributed by atoms with E-state index in [1.807, 2.05) is 0 Å². The minimum atomic E-state index is -0.0237. The molecule has 0 unspecified atom stereocenters. The summed E-state index contributed by atoms with van der Waals surface area (Å²) in [6.07, 6.45) is 0. The summed E-state index contributed by atoms with van der Waals surface area (Å²) in [6.45, 7) is -0.0237. The van der Waals surface area contributed by atoms with Crippen LogP contribution in [0.3, 0.4) is 0 Å². The van der Waals surface area contributed by atoms with E-state index in [9.17, 15) is 0 Å². The van der Waals surface area contributed by atoms with Gasteiger partial charge in [0, 0.05) is 0 Å². The van der Waals surface area contributed by atoms with Gasteiger partial charge in [-0.05, 0) is 95.9 Å². The first-order valence-electron chi connectivity index (χ1n) is 17.3. The van der Waals surface area contributed by atoms with E-state index in [-0.39, 0.29) is 6.71 Å². The molecule has 2 aliphatic rings. The molecular formula is C48H31BO. The molecule has 232 valence electrons. The molecule has 0 saturated heterocycles. The van der Waals surface area contributed by atoms with Crippen LogP contribution in [0.2, 0.25) is 0 Å². The lowest BCUT2D eigenvalue weighted by molar-refractivity contribution is 0.487. The predicted molar refractivity (Wildman–Crippen MR) is 210 cm³/mol. The molecule has 0 saturated carbocycles. The Kier molecular flexibility index (Phi) is 6.67. The van der Waals surface area contributed by atoms with Gasteiger partial charge in [0.25, 0.3) is 6.71 Å². The number of benzene rings is 8. The second-order valence-corrected chi connectivity index (χ2v) is 13.1. The van der Waals surface area contributed by atoms with Crippen LogP contribution in [0, 0.1) is 0 Å². The SMILES string of the molecule is c1ccc(-c2cccc(-c3ccc4c(c3)-c3ccccc3-c3ccccc3-c3ccccc3-4)c2B2c3ccccc3Oc3ccccc32)cc1. The van der Waals surface area contributed by atoms with Crippen LogP contribution in [0.5, 0.6) is 11.5 Å². The molecule has 0 fully saturated rings. The summed E-state index contributed by atoms with van der Waals surface area (Å²) in [7, 11) is 0. The molecular weight excluding hydrogens is 603 g/mol. The topological polar surface area (TPSA) is 9.23 Å². The Labute approximate surface area is 293 Å². The molecule has 1 heterocycles. The lowest BCUT2D eigenvalue weighted by atomic mass is 9.34.